The Balaban J connectivity index is 0.000000240. The molecule has 0 bridgehead atoms. The van der Waals surface area contributed by atoms with E-state index in [0.29, 0.717) is 34.2 Å². The fraction of sp³-hybridized carbons (Fsp3) is 0.172. The lowest BCUT2D eigenvalue weighted by atomic mass is 9.97. The van der Waals surface area contributed by atoms with Crippen LogP contribution in [0.2, 0.25) is 0 Å². The van der Waals surface area contributed by atoms with Crippen molar-refractivity contribution >= 4 is 17.1 Å². The first-order valence-electron chi connectivity index (χ1n) is 21.9. The maximum Gasteiger partial charge on any atom is 0.270 e. The smallest absolute Gasteiger partial charge is 0.270 e. The molecule has 0 aromatic heterocycles. The predicted octanol–water partition coefficient (Wildman–Crippen LogP) is 14.2. The van der Waals surface area contributed by atoms with Crippen LogP contribution in [0.15, 0.2) is 103 Å². The first kappa shape index (κ1) is 52.1. The van der Waals surface area contributed by atoms with E-state index in [0.717, 1.165) is 86.0 Å². The molecule has 7 aromatic carbocycles. The highest BCUT2D eigenvalue weighted by molar-refractivity contribution is 5.72. The van der Waals surface area contributed by atoms with Crippen LogP contribution in [-0.4, -0.2) is 15.1 Å². The maximum absolute atomic E-state index is 10.3. The number of nitro benzene ring substituents is 1. The highest BCUT2D eigenvalue weighted by Crippen LogP contribution is 2.37. The molecule has 0 saturated carbocycles. The van der Waals surface area contributed by atoms with E-state index in [1.54, 1.807) is 48.5 Å². The van der Waals surface area contributed by atoms with Crippen molar-refractivity contribution in [3.05, 3.63) is 225 Å². The van der Waals surface area contributed by atoms with Crippen molar-refractivity contribution in [1.82, 2.24) is 0 Å². The number of hydrogen-bond donors (Lipinski definition) is 2. The third-order valence-electron chi connectivity index (χ3n) is 11.3. The lowest BCUT2D eigenvalue weighted by molar-refractivity contribution is -0.384. The summed E-state index contributed by atoms with van der Waals surface area (Å²) in [4.78, 5) is 16.5. The molecular weight excluding hydrogens is 891 g/mol. The van der Waals surface area contributed by atoms with Crippen molar-refractivity contribution in [3.63, 3.8) is 0 Å². The zero-order chi connectivity index (χ0) is 52.1. The number of non-ortho nitro benzene ring substituents is 1. The Morgan fingerprint density at radius 1 is 0.479 bits per heavy atom. The summed E-state index contributed by atoms with van der Waals surface area (Å²) in [5.74, 6) is 3.26. The molecule has 13 nitrogen and oxygen atoms in total. The van der Waals surface area contributed by atoms with E-state index in [4.69, 9.17) is 38.4 Å². The lowest BCUT2D eigenvalue weighted by Gasteiger charge is -2.16. The Hall–Kier alpha value is -9.92. The Morgan fingerprint density at radius 3 is 1.18 bits per heavy atom. The average Bonchev–Trinajstić information content (AvgIpc) is 3.34. The summed E-state index contributed by atoms with van der Waals surface area (Å²) < 4.78 is 12.2. The number of nitrogens with zero attached hydrogens (tertiary/aromatic N) is 7. The van der Waals surface area contributed by atoms with Gasteiger partial charge in [0.1, 0.15) is 58.8 Å². The average molecular weight is 938 g/mol. The number of hydrogen-bond acceptors (Lipinski definition) is 10. The van der Waals surface area contributed by atoms with Gasteiger partial charge in [-0.1, -0.05) is 54.6 Å². The zero-order valence-electron chi connectivity index (χ0n) is 40.4. The minimum atomic E-state index is -0.609. The summed E-state index contributed by atoms with van der Waals surface area (Å²) in [5, 5.41) is 65.4. The molecule has 7 aromatic rings. The number of nitro groups is 1. The van der Waals surface area contributed by atoms with E-state index in [2.05, 4.69) is 34.0 Å². The summed E-state index contributed by atoms with van der Waals surface area (Å²) in [6.45, 7) is 30.1. The van der Waals surface area contributed by atoms with Crippen molar-refractivity contribution < 1.29 is 24.6 Å². The molecule has 0 saturated heterocycles. The summed E-state index contributed by atoms with van der Waals surface area (Å²) in [6.07, 6.45) is 1.53. The van der Waals surface area contributed by atoms with Crippen molar-refractivity contribution in [3.8, 4) is 58.8 Å². The second-order valence-corrected chi connectivity index (χ2v) is 16.8. The third kappa shape index (κ3) is 13.0. The highest BCUT2D eigenvalue weighted by Gasteiger charge is 2.15. The molecule has 13 heteroatoms. The van der Waals surface area contributed by atoms with Crippen LogP contribution in [0.3, 0.4) is 0 Å². The number of aromatic hydroxyl groups is 2. The highest BCUT2D eigenvalue weighted by atomic mass is 16.6. The van der Waals surface area contributed by atoms with Crippen LogP contribution >= 0.6 is 0 Å². The van der Waals surface area contributed by atoms with Crippen molar-refractivity contribution in [2.45, 2.75) is 68.2 Å². The number of phenolic OH excluding ortho intramolecular Hbond substituents is 2. The molecule has 0 atom stereocenters. The van der Waals surface area contributed by atoms with Gasteiger partial charge in [0.05, 0.1) is 40.3 Å². The Bertz CT molecular complexity index is 3220. The number of aryl methyl sites for hydroxylation is 8. The van der Waals surface area contributed by atoms with Crippen LogP contribution in [-0.2, 0) is 12.8 Å². The molecule has 0 radical (unpaired) electrons. The summed E-state index contributed by atoms with van der Waals surface area (Å²) in [6, 6.07) is 37.3. The number of benzene rings is 7. The summed E-state index contributed by atoms with van der Waals surface area (Å²) >= 11 is 0. The van der Waals surface area contributed by atoms with Crippen LogP contribution in [0.4, 0.5) is 17.1 Å². The van der Waals surface area contributed by atoms with Gasteiger partial charge < -0.3 is 19.7 Å². The fourth-order valence-corrected chi connectivity index (χ4v) is 7.97. The summed E-state index contributed by atoms with van der Waals surface area (Å²) in [7, 11) is 0. The van der Waals surface area contributed by atoms with Gasteiger partial charge in [0.2, 0.25) is 0 Å². The molecule has 0 spiro atoms. The van der Waals surface area contributed by atoms with Gasteiger partial charge in [0.15, 0.2) is 11.4 Å². The summed E-state index contributed by atoms with van der Waals surface area (Å²) in [5.41, 5.74) is 13.3. The monoisotopic (exact) mass is 937 g/mol. The van der Waals surface area contributed by atoms with Crippen LogP contribution < -0.4 is 9.47 Å². The number of nitriles is 4. The van der Waals surface area contributed by atoms with Crippen LogP contribution in [0.1, 0.15) is 89.0 Å². The van der Waals surface area contributed by atoms with E-state index in [1.807, 2.05) is 91.8 Å². The quantitative estimate of drug-likeness (QED) is 0.0795. The van der Waals surface area contributed by atoms with Gasteiger partial charge in [-0.2, -0.15) is 21.0 Å². The van der Waals surface area contributed by atoms with Gasteiger partial charge in [0.25, 0.3) is 5.69 Å². The normalized spacial score (nSPS) is 9.94. The number of phenols is 2. The van der Waals surface area contributed by atoms with E-state index in [9.17, 15) is 25.6 Å². The molecule has 0 amide bonds. The Labute approximate surface area is 413 Å². The molecule has 71 heavy (non-hydrogen) atoms. The fourth-order valence-electron chi connectivity index (χ4n) is 7.97. The molecule has 0 fully saturated rings. The van der Waals surface area contributed by atoms with Crippen molar-refractivity contribution in [2.24, 2.45) is 0 Å². The number of ether oxygens (including phenoxy) is 2. The Kier molecular flexibility index (Phi) is 17.0. The van der Waals surface area contributed by atoms with Crippen LogP contribution in [0.5, 0.6) is 34.5 Å². The van der Waals surface area contributed by atoms with E-state index < -0.39 is 4.92 Å². The molecule has 2 N–H and O–H groups in total. The van der Waals surface area contributed by atoms with Gasteiger partial charge in [-0.15, -0.1) is 0 Å². The molecule has 350 valence electrons. The van der Waals surface area contributed by atoms with Crippen LogP contribution in [0.25, 0.3) is 9.69 Å². The molecule has 0 aliphatic carbocycles. The van der Waals surface area contributed by atoms with Crippen LogP contribution in [0, 0.1) is 124 Å². The largest absolute Gasteiger partial charge is 0.507 e. The molecule has 0 heterocycles. The minimum Gasteiger partial charge on any atom is -0.507 e. The molecule has 0 unspecified atom stereocenters. The molecule has 0 aliphatic heterocycles. The molecule has 0 aliphatic rings. The van der Waals surface area contributed by atoms with Gasteiger partial charge in [0, 0.05) is 12.1 Å². The van der Waals surface area contributed by atoms with Crippen molar-refractivity contribution in [1.29, 1.82) is 21.0 Å². The van der Waals surface area contributed by atoms with Gasteiger partial charge in [-0.3, -0.25) is 15.0 Å². The second-order valence-electron chi connectivity index (χ2n) is 16.8. The molecule has 7 rings (SSSR count). The standard InChI is InChI=1S/C33H24N4O2.C17H20O2.C8H3N3O2/c1-20-11-24(12-21(2)32(20)38-28-8-7-26(18-34)27(16-28)19-35)15-25-13-22(3)33(23(4)14-25)39-29-9-10-30(36-5)31(17-29)37-6;1-10-5-14(6-11(2)16(10)18)9-15-7-12(3)17(19)13(4)8-15;9-4-6-1-2-8(11(12)13)3-7(6)5-10/h7-14,16-17H,15H2,1-4H3;5-8,18-19H,9H2,1-4H3;1-3H. The van der Waals surface area contributed by atoms with E-state index in [-0.39, 0.29) is 28.1 Å². The SMILES string of the molecule is Cc1cc(Cc2cc(C)c(O)c(C)c2)cc(C)c1O.N#Cc1ccc([N+](=O)[O-])cc1C#N.[C-]#[N+]c1ccc(Oc2c(C)cc(Cc3cc(C)c(Oc4ccc(C#N)c(C#N)c4)c(C)c3)cc2C)cc1[N+]#[C-]. The first-order chi connectivity index (χ1) is 33.8. The Morgan fingerprint density at radius 2 is 0.817 bits per heavy atom. The van der Waals surface area contributed by atoms with E-state index >= 15 is 0 Å². The zero-order valence-corrected chi connectivity index (χ0v) is 40.4. The van der Waals surface area contributed by atoms with E-state index in [1.165, 1.54) is 23.3 Å². The predicted molar refractivity (Wildman–Crippen MR) is 270 cm³/mol. The topological polar surface area (TPSA) is 206 Å². The maximum atomic E-state index is 10.3. The third-order valence-corrected chi connectivity index (χ3v) is 11.3. The van der Waals surface area contributed by atoms with Gasteiger partial charge >= 0.3 is 0 Å². The van der Waals surface area contributed by atoms with Gasteiger partial charge in [-0.05, 0) is 171 Å². The number of rotatable bonds is 9. The second kappa shape index (κ2) is 23.2. The minimum absolute atomic E-state index is 0.0247. The molecular formula is C58H47N7O6. The van der Waals surface area contributed by atoms with Gasteiger partial charge in [-0.25, -0.2) is 4.85 Å². The first-order valence-corrected chi connectivity index (χ1v) is 21.9. The lowest BCUT2D eigenvalue weighted by Crippen LogP contribution is -1.98. The van der Waals surface area contributed by atoms with Crippen molar-refractivity contribution in [2.75, 3.05) is 0 Å².